The largest absolute Gasteiger partial charge is 0.365 e. The first-order chi connectivity index (χ1) is 11.5. The van der Waals surface area contributed by atoms with Gasteiger partial charge < -0.3 is 14.8 Å². The number of carbonyl (C=O) groups excluding carboxylic acids is 1. The maximum absolute atomic E-state index is 13.8. The van der Waals surface area contributed by atoms with E-state index in [4.69, 9.17) is 0 Å². The molecule has 1 fully saturated rings. The van der Waals surface area contributed by atoms with Gasteiger partial charge in [0.25, 0.3) is 11.5 Å². The number of para-hydroxylation sites is 1. The molecule has 126 valence electrons. The summed E-state index contributed by atoms with van der Waals surface area (Å²) in [5.74, 6) is -1.60. The predicted octanol–water partition coefficient (Wildman–Crippen LogP) is 1.67. The minimum absolute atomic E-state index is 0.0668. The van der Waals surface area contributed by atoms with Gasteiger partial charge in [-0.15, -0.1) is 0 Å². The molecule has 0 aliphatic carbocycles. The Balaban J connectivity index is 1.69. The first-order valence-electron chi connectivity index (χ1n) is 7.62. The smallest absolute Gasteiger partial charge is 0.251 e. The summed E-state index contributed by atoms with van der Waals surface area (Å²) in [6.07, 6.45) is 2.09. The number of benzene rings is 1. The quantitative estimate of drug-likeness (QED) is 0.930. The number of hydrogen-bond donors (Lipinski definition) is 1. The molecule has 1 amide bonds. The molecular weight excluding hydrogens is 316 g/mol. The molecule has 1 aromatic carbocycles. The topological polar surface area (TPSA) is 54.3 Å². The maximum atomic E-state index is 13.8. The van der Waals surface area contributed by atoms with Crippen LogP contribution in [0.5, 0.6) is 0 Å². The number of anilines is 1. The molecule has 1 saturated heterocycles. The fourth-order valence-corrected chi connectivity index (χ4v) is 2.83. The summed E-state index contributed by atoms with van der Waals surface area (Å²) in [6, 6.07) is 6.33. The van der Waals surface area contributed by atoms with Gasteiger partial charge in [-0.05, 0) is 24.6 Å². The van der Waals surface area contributed by atoms with Crippen LogP contribution in [0.25, 0.3) is 0 Å². The molecule has 1 N–H and O–H groups in total. The van der Waals surface area contributed by atoms with Crippen molar-refractivity contribution < 1.29 is 13.6 Å². The van der Waals surface area contributed by atoms with Crippen LogP contribution >= 0.6 is 0 Å². The number of aryl methyl sites for hydroxylation is 1. The summed E-state index contributed by atoms with van der Waals surface area (Å²) in [5.41, 5.74) is -0.0689. The van der Waals surface area contributed by atoms with E-state index in [2.05, 4.69) is 5.32 Å². The van der Waals surface area contributed by atoms with Crippen LogP contribution in [-0.4, -0.2) is 29.6 Å². The lowest BCUT2D eigenvalue weighted by atomic mass is 10.2. The van der Waals surface area contributed by atoms with Crippen molar-refractivity contribution in [2.75, 3.05) is 18.0 Å². The second-order valence-electron chi connectivity index (χ2n) is 5.84. The van der Waals surface area contributed by atoms with Crippen LogP contribution in [0.15, 0.2) is 41.3 Å². The Morgan fingerprint density at radius 2 is 1.96 bits per heavy atom. The summed E-state index contributed by atoms with van der Waals surface area (Å²) in [7, 11) is 1.60. The Morgan fingerprint density at radius 3 is 2.62 bits per heavy atom. The Morgan fingerprint density at radius 1 is 1.25 bits per heavy atom. The third kappa shape index (κ3) is 3.15. The Bertz CT molecular complexity index is 815. The first-order valence-corrected chi connectivity index (χ1v) is 7.62. The summed E-state index contributed by atoms with van der Waals surface area (Å²) in [6.45, 7) is 0.758. The van der Waals surface area contributed by atoms with Gasteiger partial charge in [-0.1, -0.05) is 6.07 Å². The molecule has 1 aromatic heterocycles. The van der Waals surface area contributed by atoms with Gasteiger partial charge in [-0.3, -0.25) is 9.59 Å². The molecule has 0 saturated carbocycles. The highest BCUT2D eigenvalue weighted by Crippen LogP contribution is 2.26. The predicted molar refractivity (Wildman–Crippen MR) is 86.1 cm³/mol. The first kappa shape index (κ1) is 16.2. The van der Waals surface area contributed by atoms with Crippen molar-refractivity contribution in [3.05, 3.63) is 64.1 Å². The number of hydrogen-bond acceptors (Lipinski definition) is 3. The number of amides is 1. The Kier molecular flexibility index (Phi) is 4.33. The van der Waals surface area contributed by atoms with E-state index in [1.807, 2.05) is 0 Å². The fraction of sp³-hybridized carbons (Fsp3) is 0.294. The number of pyridine rings is 1. The van der Waals surface area contributed by atoms with Crippen LogP contribution in [-0.2, 0) is 7.05 Å². The number of rotatable bonds is 3. The van der Waals surface area contributed by atoms with Crippen LogP contribution in [0.2, 0.25) is 0 Å². The van der Waals surface area contributed by atoms with Crippen LogP contribution in [0.3, 0.4) is 0 Å². The average molecular weight is 333 g/mol. The fourth-order valence-electron chi connectivity index (χ4n) is 2.83. The summed E-state index contributed by atoms with van der Waals surface area (Å²) < 4.78 is 29.0. The third-order valence-corrected chi connectivity index (χ3v) is 4.14. The number of nitrogens with zero attached hydrogens (tertiary/aromatic N) is 2. The molecular formula is C17H17F2N3O2. The van der Waals surface area contributed by atoms with Crippen molar-refractivity contribution in [2.24, 2.45) is 7.05 Å². The summed E-state index contributed by atoms with van der Waals surface area (Å²) in [5, 5.41) is 2.81. The number of halogens is 2. The minimum atomic E-state index is -0.617. The molecule has 0 bridgehead atoms. The van der Waals surface area contributed by atoms with Crippen LogP contribution < -0.4 is 15.8 Å². The van der Waals surface area contributed by atoms with Gasteiger partial charge in [0.1, 0.15) is 17.3 Å². The maximum Gasteiger partial charge on any atom is 0.251 e. The molecule has 0 radical (unpaired) electrons. The lowest BCUT2D eigenvalue weighted by Crippen LogP contribution is -2.37. The molecule has 0 spiro atoms. The highest BCUT2D eigenvalue weighted by atomic mass is 19.1. The van der Waals surface area contributed by atoms with E-state index in [0.717, 1.165) is 0 Å². The van der Waals surface area contributed by atoms with E-state index in [-0.39, 0.29) is 28.8 Å². The van der Waals surface area contributed by atoms with E-state index in [9.17, 15) is 18.4 Å². The Labute approximate surface area is 137 Å². The molecule has 2 aromatic rings. The van der Waals surface area contributed by atoms with Crippen molar-refractivity contribution in [1.82, 2.24) is 9.88 Å². The van der Waals surface area contributed by atoms with Gasteiger partial charge in [0.15, 0.2) is 0 Å². The molecule has 24 heavy (non-hydrogen) atoms. The van der Waals surface area contributed by atoms with E-state index < -0.39 is 11.6 Å². The second kappa shape index (κ2) is 6.43. The lowest BCUT2D eigenvalue weighted by Gasteiger charge is -2.20. The molecule has 5 nitrogen and oxygen atoms in total. The third-order valence-electron chi connectivity index (χ3n) is 4.14. The van der Waals surface area contributed by atoms with Crippen LogP contribution in [0.1, 0.15) is 16.8 Å². The van der Waals surface area contributed by atoms with E-state index in [1.54, 1.807) is 18.0 Å². The number of nitrogens with one attached hydrogen (secondary N) is 1. The van der Waals surface area contributed by atoms with E-state index >= 15 is 0 Å². The molecule has 1 aliphatic rings. The molecule has 1 aliphatic heterocycles. The van der Waals surface area contributed by atoms with Crippen molar-refractivity contribution in [1.29, 1.82) is 0 Å². The van der Waals surface area contributed by atoms with Gasteiger partial charge in [-0.25, -0.2) is 8.78 Å². The summed E-state index contributed by atoms with van der Waals surface area (Å²) in [4.78, 5) is 25.4. The molecule has 1 unspecified atom stereocenters. The zero-order chi connectivity index (χ0) is 17.3. The normalized spacial score (nSPS) is 17.1. The molecule has 7 heteroatoms. The Hall–Kier alpha value is -2.70. The molecule has 1 atom stereocenters. The van der Waals surface area contributed by atoms with Crippen LogP contribution in [0, 0.1) is 11.6 Å². The van der Waals surface area contributed by atoms with Gasteiger partial charge in [0, 0.05) is 44.0 Å². The minimum Gasteiger partial charge on any atom is -0.365 e. The van der Waals surface area contributed by atoms with E-state index in [0.29, 0.717) is 19.5 Å². The zero-order valence-electron chi connectivity index (χ0n) is 13.1. The zero-order valence-corrected chi connectivity index (χ0v) is 13.1. The van der Waals surface area contributed by atoms with Gasteiger partial charge in [0.2, 0.25) is 0 Å². The highest BCUT2D eigenvalue weighted by molar-refractivity contribution is 5.94. The molecule has 3 rings (SSSR count). The second-order valence-corrected chi connectivity index (χ2v) is 5.84. The van der Waals surface area contributed by atoms with Gasteiger partial charge in [-0.2, -0.15) is 0 Å². The number of carbonyl (C=O) groups is 1. The van der Waals surface area contributed by atoms with Crippen LogP contribution in [0.4, 0.5) is 14.5 Å². The van der Waals surface area contributed by atoms with Crippen molar-refractivity contribution in [3.8, 4) is 0 Å². The van der Waals surface area contributed by atoms with Crippen molar-refractivity contribution in [2.45, 2.75) is 12.5 Å². The monoisotopic (exact) mass is 333 g/mol. The van der Waals surface area contributed by atoms with Gasteiger partial charge >= 0.3 is 0 Å². The lowest BCUT2D eigenvalue weighted by molar-refractivity contribution is 0.0940. The van der Waals surface area contributed by atoms with Crippen molar-refractivity contribution in [3.63, 3.8) is 0 Å². The SMILES string of the molecule is Cn1ccc(C(=O)NC2CCN(c3c(F)cccc3F)C2)cc1=O. The van der Waals surface area contributed by atoms with Gasteiger partial charge in [0.05, 0.1) is 0 Å². The van der Waals surface area contributed by atoms with Crippen molar-refractivity contribution >= 4 is 11.6 Å². The van der Waals surface area contributed by atoms with E-state index in [1.165, 1.54) is 35.0 Å². The average Bonchev–Trinajstić information content (AvgIpc) is 2.98. The highest BCUT2D eigenvalue weighted by Gasteiger charge is 2.27. The summed E-state index contributed by atoms with van der Waals surface area (Å²) >= 11 is 0. The molecule has 2 heterocycles. The number of aromatic nitrogens is 1. The standard InChI is InChI=1S/C17H17F2N3O2/c1-21-7-5-11(9-15(21)23)17(24)20-12-6-8-22(10-12)16-13(18)3-2-4-14(16)19/h2-5,7,9,12H,6,8,10H2,1H3,(H,20,24).